The van der Waals surface area contributed by atoms with Crippen molar-refractivity contribution in [2.75, 3.05) is 5.32 Å². The Morgan fingerprint density at radius 2 is 2.06 bits per heavy atom. The molecule has 0 spiro atoms. The van der Waals surface area contributed by atoms with E-state index in [9.17, 15) is 9.50 Å². The summed E-state index contributed by atoms with van der Waals surface area (Å²) in [4.78, 5) is 0. The van der Waals surface area contributed by atoms with Crippen LogP contribution in [0.3, 0.4) is 0 Å². The van der Waals surface area contributed by atoms with E-state index < -0.39 is 0 Å². The van der Waals surface area contributed by atoms with Gasteiger partial charge < -0.3 is 10.4 Å². The predicted octanol–water partition coefficient (Wildman–Crippen LogP) is 3.30. The Hall–Kier alpha value is -0.610. The number of anilines is 1. The van der Waals surface area contributed by atoms with Crippen molar-refractivity contribution >= 4 is 21.6 Å². The molecule has 0 heterocycles. The summed E-state index contributed by atoms with van der Waals surface area (Å²) >= 11 is 3.15. The lowest BCUT2D eigenvalue weighted by Gasteiger charge is -2.29. The van der Waals surface area contributed by atoms with Crippen molar-refractivity contribution in [3.63, 3.8) is 0 Å². The van der Waals surface area contributed by atoms with E-state index in [0.717, 1.165) is 31.4 Å². The second-order valence-corrected chi connectivity index (χ2v) is 5.09. The molecule has 1 aliphatic carbocycles. The van der Waals surface area contributed by atoms with Crippen LogP contribution in [0.1, 0.15) is 25.7 Å². The van der Waals surface area contributed by atoms with Crippen molar-refractivity contribution in [2.45, 2.75) is 37.8 Å². The highest BCUT2D eigenvalue weighted by molar-refractivity contribution is 9.10. The molecule has 1 aromatic carbocycles. The minimum Gasteiger partial charge on any atom is -0.391 e. The molecule has 0 amide bonds. The number of hydrogen-bond donors (Lipinski definition) is 2. The van der Waals surface area contributed by atoms with Crippen LogP contribution in [-0.4, -0.2) is 17.3 Å². The van der Waals surface area contributed by atoms with E-state index in [1.807, 2.05) is 0 Å². The maximum Gasteiger partial charge on any atom is 0.137 e. The number of nitrogens with one attached hydrogen (secondary N) is 1. The Morgan fingerprint density at radius 1 is 1.31 bits per heavy atom. The van der Waals surface area contributed by atoms with Crippen molar-refractivity contribution in [1.82, 2.24) is 0 Å². The van der Waals surface area contributed by atoms with Gasteiger partial charge in [0.1, 0.15) is 5.82 Å². The fourth-order valence-corrected chi connectivity index (χ4v) is 2.46. The first-order valence-electron chi connectivity index (χ1n) is 5.56. The normalized spacial score (nSPS) is 25.4. The van der Waals surface area contributed by atoms with Crippen molar-refractivity contribution in [2.24, 2.45) is 0 Å². The molecule has 0 aliphatic heterocycles. The molecule has 2 rings (SSSR count). The van der Waals surface area contributed by atoms with Gasteiger partial charge in [0, 0.05) is 5.69 Å². The van der Waals surface area contributed by atoms with Crippen LogP contribution in [0, 0.1) is 5.82 Å². The van der Waals surface area contributed by atoms with E-state index in [-0.39, 0.29) is 18.0 Å². The van der Waals surface area contributed by atoms with Gasteiger partial charge in [0.2, 0.25) is 0 Å². The van der Waals surface area contributed by atoms with Gasteiger partial charge in [-0.3, -0.25) is 0 Å². The average Bonchev–Trinajstić information content (AvgIpc) is 2.27. The van der Waals surface area contributed by atoms with Crippen LogP contribution in [0.2, 0.25) is 0 Å². The molecule has 0 unspecified atom stereocenters. The SMILES string of the molecule is O[C@H]1CCCC[C@@H]1Nc1ccc(F)c(Br)c1. The Balaban J connectivity index is 2.05. The third-order valence-corrected chi connectivity index (χ3v) is 3.61. The number of halogens is 2. The number of hydrogen-bond acceptors (Lipinski definition) is 2. The van der Waals surface area contributed by atoms with Crippen LogP contribution in [0.4, 0.5) is 10.1 Å². The number of aliphatic hydroxyl groups is 1. The Bertz CT molecular complexity index is 372. The van der Waals surface area contributed by atoms with Crippen molar-refractivity contribution in [3.05, 3.63) is 28.5 Å². The maximum absolute atomic E-state index is 13.0. The van der Waals surface area contributed by atoms with Crippen LogP contribution in [-0.2, 0) is 0 Å². The molecule has 1 aromatic rings. The van der Waals surface area contributed by atoms with Gasteiger partial charge in [0.15, 0.2) is 0 Å². The van der Waals surface area contributed by atoms with Crippen molar-refractivity contribution in [3.8, 4) is 0 Å². The van der Waals surface area contributed by atoms with Gasteiger partial charge in [-0.1, -0.05) is 12.8 Å². The van der Waals surface area contributed by atoms with Crippen molar-refractivity contribution in [1.29, 1.82) is 0 Å². The quantitative estimate of drug-likeness (QED) is 0.875. The van der Waals surface area contributed by atoms with Crippen LogP contribution in [0.15, 0.2) is 22.7 Å². The zero-order chi connectivity index (χ0) is 11.5. The summed E-state index contributed by atoms with van der Waals surface area (Å²) in [6.07, 6.45) is 3.75. The molecule has 0 bridgehead atoms. The fourth-order valence-electron chi connectivity index (χ4n) is 2.08. The first-order chi connectivity index (χ1) is 7.66. The van der Waals surface area contributed by atoms with Gasteiger partial charge in [-0.2, -0.15) is 0 Å². The van der Waals surface area contributed by atoms with E-state index in [0.29, 0.717) is 4.47 Å². The molecular weight excluding hydrogens is 273 g/mol. The standard InChI is InChI=1S/C12H15BrFNO/c13-9-7-8(5-6-10(9)14)15-11-3-1-2-4-12(11)16/h5-7,11-12,15-16H,1-4H2/t11-,12-/m0/s1. The summed E-state index contributed by atoms with van der Waals surface area (Å²) in [7, 11) is 0. The number of aliphatic hydroxyl groups excluding tert-OH is 1. The highest BCUT2D eigenvalue weighted by atomic mass is 79.9. The van der Waals surface area contributed by atoms with Gasteiger partial charge in [-0.25, -0.2) is 4.39 Å². The van der Waals surface area contributed by atoms with Crippen LogP contribution < -0.4 is 5.32 Å². The third kappa shape index (κ3) is 2.74. The smallest absolute Gasteiger partial charge is 0.137 e. The molecule has 2 nitrogen and oxygen atoms in total. The molecule has 0 saturated heterocycles. The van der Waals surface area contributed by atoms with E-state index >= 15 is 0 Å². The summed E-state index contributed by atoms with van der Waals surface area (Å²) < 4.78 is 13.5. The lowest BCUT2D eigenvalue weighted by molar-refractivity contribution is 0.116. The molecule has 1 aliphatic rings. The molecule has 1 fully saturated rings. The molecule has 16 heavy (non-hydrogen) atoms. The Morgan fingerprint density at radius 3 is 2.75 bits per heavy atom. The number of benzene rings is 1. The summed E-state index contributed by atoms with van der Waals surface area (Å²) in [6.45, 7) is 0. The fraction of sp³-hybridized carbons (Fsp3) is 0.500. The van der Waals surface area contributed by atoms with Gasteiger partial charge in [-0.15, -0.1) is 0 Å². The van der Waals surface area contributed by atoms with Crippen LogP contribution in [0.25, 0.3) is 0 Å². The van der Waals surface area contributed by atoms with E-state index in [1.54, 1.807) is 12.1 Å². The average molecular weight is 288 g/mol. The van der Waals surface area contributed by atoms with Gasteiger partial charge in [-0.05, 0) is 47.0 Å². The van der Waals surface area contributed by atoms with E-state index in [4.69, 9.17) is 0 Å². The zero-order valence-electron chi connectivity index (χ0n) is 8.92. The topological polar surface area (TPSA) is 32.3 Å². The minimum atomic E-state index is -0.294. The van der Waals surface area contributed by atoms with Gasteiger partial charge in [0.05, 0.1) is 16.6 Å². The second kappa shape index (κ2) is 5.15. The maximum atomic E-state index is 13.0. The highest BCUT2D eigenvalue weighted by Gasteiger charge is 2.22. The predicted molar refractivity (Wildman–Crippen MR) is 66.0 cm³/mol. The molecule has 0 radical (unpaired) electrons. The molecule has 1 saturated carbocycles. The molecule has 88 valence electrons. The second-order valence-electron chi connectivity index (χ2n) is 4.23. The minimum absolute atomic E-state index is 0.0890. The van der Waals surface area contributed by atoms with Gasteiger partial charge >= 0.3 is 0 Å². The largest absolute Gasteiger partial charge is 0.391 e. The van der Waals surface area contributed by atoms with Crippen LogP contribution in [0.5, 0.6) is 0 Å². The third-order valence-electron chi connectivity index (χ3n) is 3.00. The molecule has 4 heteroatoms. The molecular formula is C12H15BrFNO. The number of rotatable bonds is 2. The first kappa shape index (κ1) is 11.9. The Labute approximate surface area is 103 Å². The monoisotopic (exact) mass is 287 g/mol. The molecule has 0 aromatic heterocycles. The summed E-state index contributed by atoms with van der Waals surface area (Å²) in [5, 5.41) is 13.1. The molecule has 2 atom stereocenters. The lowest BCUT2D eigenvalue weighted by atomic mass is 9.92. The van der Waals surface area contributed by atoms with Crippen LogP contribution >= 0.6 is 15.9 Å². The van der Waals surface area contributed by atoms with Crippen molar-refractivity contribution < 1.29 is 9.50 Å². The zero-order valence-corrected chi connectivity index (χ0v) is 10.5. The molecule has 2 N–H and O–H groups in total. The van der Waals surface area contributed by atoms with E-state index in [1.165, 1.54) is 6.07 Å². The summed E-state index contributed by atoms with van der Waals surface area (Å²) in [5.74, 6) is -0.269. The van der Waals surface area contributed by atoms with Gasteiger partial charge in [0.25, 0.3) is 0 Å². The van der Waals surface area contributed by atoms with E-state index in [2.05, 4.69) is 21.2 Å². The first-order valence-corrected chi connectivity index (χ1v) is 6.36. The summed E-state index contributed by atoms with van der Waals surface area (Å²) in [6, 6.07) is 4.91. The Kier molecular flexibility index (Phi) is 3.82. The summed E-state index contributed by atoms with van der Waals surface area (Å²) in [5.41, 5.74) is 0.847. The lowest BCUT2D eigenvalue weighted by Crippen LogP contribution is -2.36. The highest BCUT2D eigenvalue weighted by Crippen LogP contribution is 2.25.